The summed E-state index contributed by atoms with van der Waals surface area (Å²) in [4.78, 5) is 23.5. The SMILES string of the molecule is CCOc1ccc(OC2CCN(c3nc4c(cc3C)C(=O)NC4CCO)CC2)cn1. The van der Waals surface area contributed by atoms with Crippen LogP contribution >= 0.6 is 0 Å². The Labute approximate surface area is 176 Å². The molecule has 2 aromatic rings. The van der Waals surface area contributed by atoms with Gasteiger partial charge in [-0.3, -0.25) is 4.79 Å². The molecule has 8 heteroatoms. The van der Waals surface area contributed by atoms with Gasteiger partial charge in [0, 0.05) is 38.6 Å². The van der Waals surface area contributed by atoms with Crippen molar-refractivity contribution in [1.29, 1.82) is 0 Å². The maximum atomic E-state index is 12.2. The van der Waals surface area contributed by atoms with Crippen LogP contribution in [0.2, 0.25) is 0 Å². The predicted molar refractivity (Wildman–Crippen MR) is 112 cm³/mol. The van der Waals surface area contributed by atoms with Gasteiger partial charge in [-0.25, -0.2) is 9.97 Å². The van der Waals surface area contributed by atoms with Gasteiger partial charge in [-0.15, -0.1) is 0 Å². The first-order valence-electron chi connectivity index (χ1n) is 10.5. The fourth-order valence-electron chi connectivity index (χ4n) is 4.08. The van der Waals surface area contributed by atoms with E-state index in [1.165, 1.54) is 0 Å². The van der Waals surface area contributed by atoms with Gasteiger partial charge in [0.1, 0.15) is 17.7 Å². The summed E-state index contributed by atoms with van der Waals surface area (Å²) in [5.74, 6) is 2.15. The summed E-state index contributed by atoms with van der Waals surface area (Å²) in [6, 6.07) is 5.41. The van der Waals surface area contributed by atoms with E-state index < -0.39 is 0 Å². The molecule has 1 amide bonds. The number of rotatable bonds is 7. The lowest BCUT2D eigenvalue weighted by molar-refractivity contribution is 0.0952. The Morgan fingerprint density at radius 1 is 1.30 bits per heavy atom. The molecule has 2 N–H and O–H groups in total. The van der Waals surface area contributed by atoms with E-state index in [9.17, 15) is 9.90 Å². The number of fused-ring (bicyclic) bond motifs is 1. The number of hydrogen-bond donors (Lipinski definition) is 2. The van der Waals surface area contributed by atoms with Gasteiger partial charge in [0.25, 0.3) is 5.91 Å². The lowest BCUT2D eigenvalue weighted by Gasteiger charge is -2.34. The van der Waals surface area contributed by atoms with Gasteiger partial charge in [0.05, 0.1) is 30.1 Å². The molecule has 0 bridgehead atoms. The van der Waals surface area contributed by atoms with Gasteiger partial charge >= 0.3 is 0 Å². The van der Waals surface area contributed by atoms with E-state index in [1.807, 2.05) is 32.0 Å². The number of pyridine rings is 2. The largest absolute Gasteiger partial charge is 0.489 e. The summed E-state index contributed by atoms with van der Waals surface area (Å²) in [7, 11) is 0. The number of piperidine rings is 1. The summed E-state index contributed by atoms with van der Waals surface area (Å²) >= 11 is 0. The second-order valence-electron chi connectivity index (χ2n) is 7.67. The lowest BCUT2D eigenvalue weighted by Crippen LogP contribution is -2.39. The minimum absolute atomic E-state index is 0.0123. The number of hydrogen-bond acceptors (Lipinski definition) is 7. The smallest absolute Gasteiger partial charge is 0.253 e. The van der Waals surface area contributed by atoms with Gasteiger partial charge in [0.2, 0.25) is 5.88 Å². The van der Waals surface area contributed by atoms with Crippen LogP contribution in [0.4, 0.5) is 5.82 Å². The Balaban J connectivity index is 1.40. The second kappa shape index (κ2) is 8.87. The summed E-state index contributed by atoms with van der Waals surface area (Å²) in [6.07, 6.45) is 4.06. The van der Waals surface area contributed by atoms with Crippen molar-refractivity contribution >= 4 is 11.7 Å². The van der Waals surface area contributed by atoms with Crippen LogP contribution in [0.25, 0.3) is 0 Å². The molecule has 4 heterocycles. The van der Waals surface area contributed by atoms with Crippen molar-refractivity contribution in [2.75, 3.05) is 31.2 Å². The molecular weight excluding hydrogens is 384 g/mol. The van der Waals surface area contributed by atoms with Crippen LogP contribution < -0.4 is 19.7 Å². The third-order valence-corrected chi connectivity index (χ3v) is 5.56. The molecule has 0 aromatic carbocycles. The van der Waals surface area contributed by atoms with Crippen molar-refractivity contribution in [3.63, 3.8) is 0 Å². The average Bonchev–Trinajstić information content (AvgIpc) is 3.04. The highest BCUT2D eigenvalue weighted by molar-refractivity contribution is 5.99. The third kappa shape index (κ3) is 4.18. The number of anilines is 1. The Morgan fingerprint density at radius 2 is 2.10 bits per heavy atom. The molecule has 8 nitrogen and oxygen atoms in total. The Hall–Kier alpha value is -2.87. The number of aromatic nitrogens is 2. The van der Waals surface area contributed by atoms with E-state index in [2.05, 4.69) is 15.2 Å². The maximum absolute atomic E-state index is 12.2. The number of amides is 1. The molecule has 2 aliphatic rings. The highest BCUT2D eigenvalue weighted by atomic mass is 16.5. The van der Waals surface area contributed by atoms with Crippen LogP contribution in [0.3, 0.4) is 0 Å². The minimum Gasteiger partial charge on any atom is -0.489 e. The van der Waals surface area contributed by atoms with Crippen LogP contribution in [-0.2, 0) is 0 Å². The number of aliphatic hydroxyl groups excluding tert-OH is 1. The van der Waals surface area contributed by atoms with E-state index in [0.29, 0.717) is 24.5 Å². The normalized spacial score (nSPS) is 18.8. The van der Waals surface area contributed by atoms with Crippen molar-refractivity contribution in [3.05, 3.63) is 41.2 Å². The van der Waals surface area contributed by atoms with Crippen molar-refractivity contribution < 1.29 is 19.4 Å². The molecule has 1 fully saturated rings. The predicted octanol–water partition coefficient (Wildman–Crippen LogP) is 2.40. The Morgan fingerprint density at radius 3 is 2.77 bits per heavy atom. The van der Waals surface area contributed by atoms with Gasteiger partial charge in [-0.05, 0) is 38.0 Å². The van der Waals surface area contributed by atoms with E-state index in [4.69, 9.17) is 14.5 Å². The highest BCUT2D eigenvalue weighted by Crippen LogP contribution is 2.32. The molecule has 1 unspecified atom stereocenters. The van der Waals surface area contributed by atoms with Crippen LogP contribution in [0.5, 0.6) is 11.6 Å². The summed E-state index contributed by atoms with van der Waals surface area (Å²) in [5, 5.41) is 12.2. The molecule has 0 radical (unpaired) electrons. The molecule has 1 atom stereocenters. The monoisotopic (exact) mass is 412 g/mol. The molecule has 30 heavy (non-hydrogen) atoms. The van der Waals surface area contributed by atoms with Gasteiger partial charge in [-0.1, -0.05) is 0 Å². The highest BCUT2D eigenvalue weighted by Gasteiger charge is 2.32. The quantitative estimate of drug-likeness (QED) is 0.721. The Bertz CT molecular complexity index is 895. The van der Waals surface area contributed by atoms with Crippen molar-refractivity contribution in [1.82, 2.24) is 15.3 Å². The van der Waals surface area contributed by atoms with Gasteiger partial charge < -0.3 is 24.8 Å². The number of aryl methyl sites for hydroxylation is 1. The molecule has 4 rings (SSSR count). The number of carbonyl (C=O) groups is 1. The Kier molecular flexibility index (Phi) is 6.03. The molecule has 160 valence electrons. The number of nitrogens with zero attached hydrogens (tertiary/aromatic N) is 3. The van der Waals surface area contributed by atoms with Crippen LogP contribution in [-0.4, -0.2) is 53.4 Å². The average molecular weight is 412 g/mol. The fourth-order valence-corrected chi connectivity index (χ4v) is 4.08. The third-order valence-electron chi connectivity index (χ3n) is 5.56. The number of nitrogens with one attached hydrogen (secondary N) is 1. The maximum Gasteiger partial charge on any atom is 0.253 e. The van der Waals surface area contributed by atoms with E-state index in [1.54, 1.807) is 6.20 Å². The molecular formula is C22H28N4O4. The van der Waals surface area contributed by atoms with E-state index in [0.717, 1.165) is 48.8 Å². The van der Waals surface area contributed by atoms with Gasteiger partial charge in [-0.2, -0.15) is 0 Å². The standard InChI is InChI=1S/C22H28N4O4/c1-3-29-19-5-4-16(13-23-19)30-15-6-9-26(10-7-15)21-14(2)12-17-20(25-21)18(8-11-27)24-22(17)28/h4-5,12-13,15,18,27H,3,6-11H2,1-2H3,(H,24,28). The number of carbonyl (C=O) groups excluding carboxylic acids is 1. The second-order valence-corrected chi connectivity index (χ2v) is 7.67. The minimum atomic E-state index is -0.218. The molecule has 2 aliphatic heterocycles. The number of aliphatic hydroxyl groups is 1. The lowest BCUT2D eigenvalue weighted by atomic mass is 10.0. The summed E-state index contributed by atoms with van der Waals surface area (Å²) in [6.45, 7) is 6.18. The molecule has 0 saturated carbocycles. The topological polar surface area (TPSA) is 96.8 Å². The van der Waals surface area contributed by atoms with Crippen molar-refractivity contribution in [2.45, 2.75) is 45.3 Å². The molecule has 0 aliphatic carbocycles. The van der Waals surface area contributed by atoms with Crippen LogP contribution in [0.1, 0.15) is 53.8 Å². The fraction of sp³-hybridized carbons (Fsp3) is 0.500. The zero-order valence-electron chi connectivity index (χ0n) is 17.4. The van der Waals surface area contributed by atoms with E-state index >= 15 is 0 Å². The zero-order chi connectivity index (χ0) is 21.1. The first kappa shape index (κ1) is 20.4. The zero-order valence-corrected chi connectivity index (χ0v) is 17.4. The van der Waals surface area contributed by atoms with Gasteiger partial charge in [0.15, 0.2) is 0 Å². The molecule has 0 spiro atoms. The summed E-state index contributed by atoms with van der Waals surface area (Å²) in [5.41, 5.74) is 2.35. The molecule has 1 saturated heterocycles. The first-order chi connectivity index (χ1) is 14.6. The number of ether oxygens (including phenoxy) is 2. The summed E-state index contributed by atoms with van der Waals surface area (Å²) < 4.78 is 11.5. The van der Waals surface area contributed by atoms with E-state index in [-0.39, 0.29) is 24.7 Å². The van der Waals surface area contributed by atoms with Crippen LogP contribution in [0.15, 0.2) is 24.4 Å². The van der Waals surface area contributed by atoms with Crippen LogP contribution in [0, 0.1) is 6.92 Å². The van der Waals surface area contributed by atoms with Crippen molar-refractivity contribution in [2.24, 2.45) is 0 Å². The van der Waals surface area contributed by atoms with Crippen molar-refractivity contribution in [3.8, 4) is 11.6 Å². The first-order valence-corrected chi connectivity index (χ1v) is 10.5. The molecule has 2 aromatic heterocycles.